The third-order valence-electron chi connectivity index (χ3n) is 7.55. The number of methoxy groups -OCH3 is 1. The van der Waals surface area contributed by atoms with Crippen LogP contribution in [-0.4, -0.2) is 61.3 Å². The lowest BCUT2D eigenvalue weighted by Gasteiger charge is -2.49. The molecular formula is C27H33FN5O3S+. The third-order valence-corrected chi connectivity index (χ3v) is 8.53. The number of piperidine rings is 2. The van der Waals surface area contributed by atoms with Crippen molar-refractivity contribution in [2.45, 2.75) is 37.8 Å². The molecule has 2 aliphatic rings. The lowest BCUT2D eigenvalue weighted by Crippen LogP contribution is -2.64. The lowest BCUT2D eigenvalue weighted by molar-refractivity contribution is 0.0418. The number of aliphatic hydroxyl groups excluding tert-OH is 1. The van der Waals surface area contributed by atoms with Crippen LogP contribution < -0.4 is 25.6 Å². The molecule has 8 nitrogen and oxygen atoms in total. The molecule has 0 radical (unpaired) electrons. The summed E-state index contributed by atoms with van der Waals surface area (Å²) in [6, 6.07) is 12.8. The number of aliphatic hydroxyl groups is 1. The number of ether oxygens (including phenoxy) is 1. The maximum absolute atomic E-state index is 14.1. The number of thiazole rings is 1. The quantitative estimate of drug-likeness (QED) is 0.272. The first kappa shape index (κ1) is 25.6. The van der Waals surface area contributed by atoms with Gasteiger partial charge in [-0.05, 0) is 43.2 Å². The molecule has 5 rings (SSSR count). The average molecular weight is 527 g/mol. The maximum Gasteiger partial charge on any atom is 0.206 e. The minimum Gasteiger partial charge on any atom is -0.494 e. The van der Waals surface area contributed by atoms with Crippen LogP contribution in [0, 0.1) is 5.82 Å². The van der Waals surface area contributed by atoms with E-state index in [2.05, 4.69) is 27.8 Å². The van der Waals surface area contributed by atoms with Gasteiger partial charge in [-0.3, -0.25) is 9.28 Å². The van der Waals surface area contributed by atoms with Crippen molar-refractivity contribution < 1.29 is 19.0 Å². The molecule has 2 atom stereocenters. The van der Waals surface area contributed by atoms with Crippen LogP contribution in [0.3, 0.4) is 0 Å². The second-order valence-corrected chi connectivity index (χ2v) is 10.8. The minimum atomic E-state index is -0.610. The molecule has 196 valence electrons. The van der Waals surface area contributed by atoms with Gasteiger partial charge in [-0.1, -0.05) is 11.3 Å². The molecule has 2 unspecified atom stereocenters. The van der Waals surface area contributed by atoms with Crippen molar-refractivity contribution >= 4 is 39.4 Å². The van der Waals surface area contributed by atoms with Crippen LogP contribution in [-0.2, 0) is 0 Å². The Balaban J connectivity index is 1.34. The number of nitrogens with zero attached hydrogens (tertiary/aromatic N) is 2. The monoisotopic (exact) mass is 526 g/mol. The van der Waals surface area contributed by atoms with Gasteiger partial charge in [-0.15, -0.1) is 0 Å². The first-order chi connectivity index (χ1) is 17.9. The Morgan fingerprint density at radius 2 is 1.97 bits per heavy atom. The number of nitrogens with one attached hydrogen (secondary N) is 2. The Morgan fingerprint density at radius 1 is 1.22 bits per heavy atom. The number of rotatable bonds is 7. The van der Waals surface area contributed by atoms with Crippen LogP contribution in [0.15, 0.2) is 42.5 Å². The van der Waals surface area contributed by atoms with E-state index in [0.29, 0.717) is 11.2 Å². The smallest absolute Gasteiger partial charge is 0.206 e. The van der Waals surface area contributed by atoms with Gasteiger partial charge >= 0.3 is 0 Å². The van der Waals surface area contributed by atoms with Gasteiger partial charge in [-0.25, -0.2) is 9.37 Å². The molecule has 0 saturated carbocycles. The molecule has 2 aromatic carbocycles. The predicted octanol–water partition coefficient (Wildman–Crippen LogP) is 4.06. The fourth-order valence-corrected chi connectivity index (χ4v) is 6.56. The van der Waals surface area contributed by atoms with Gasteiger partial charge in [0.25, 0.3) is 0 Å². The summed E-state index contributed by atoms with van der Waals surface area (Å²) in [5, 5.41) is 17.8. The zero-order valence-electron chi connectivity index (χ0n) is 20.9. The van der Waals surface area contributed by atoms with Crippen molar-refractivity contribution in [1.82, 2.24) is 14.8 Å². The van der Waals surface area contributed by atoms with E-state index in [0.717, 1.165) is 79.4 Å². The van der Waals surface area contributed by atoms with Gasteiger partial charge in [0.15, 0.2) is 16.7 Å². The van der Waals surface area contributed by atoms with Gasteiger partial charge in [0.1, 0.15) is 29.0 Å². The number of hydrogen-bond acceptors (Lipinski definition) is 8. The molecule has 37 heavy (non-hydrogen) atoms. The number of anilines is 3. The van der Waals surface area contributed by atoms with Crippen LogP contribution in [0.25, 0.3) is 0 Å². The maximum atomic E-state index is 14.1. The Morgan fingerprint density at radius 3 is 2.65 bits per heavy atom. The van der Waals surface area contributed by atoms with Gasteiger partial charge in [-0.2, -0.15) is 0 Å². The molecule has 5 N–H and O–H groups in total. The SMILES string of the molecule is COc1ccc(C(=O)c2sc(Nc3ccc([N+]4(C5CCNCC5)CCCC(O)C4)cc3)nc2N)cc1F. The number of halogens is 1. The van der Waals surface area contributed by atoms with E-state index in [1.54, 1.807) is 0 Å². The van der Waals surface area contributed by atoms with Gasteiger partial charge in [0.2, 0.25) is 5.78 Å². The molecule has 1 aromatic heterocycles. The number of nitrogens with two attached hydrogens (primary N) is 1. The largest absolute Gasteiger partial charge is 0.494 e. The zero-order chi connectivity index (χ0) is 26.0. The van der Waals surface area contributed by atoms with Crippen LogP contribution in [0.2, 0.25) is 0 Å². The molecule has 3 heterocycles. The van der Waals surface area contributed by atoms with E-state index < -0.39 is 11.6 Å². The number of hydrogen-bond donors (Lipinski definition) is 4. The summed E-state index contributed by atoms with van der Waals surface area (Å²) in [5.74, 6) is -0.830. The first-order valence-electron chi connectivity index (χ1n) is 12.7. The van der Waals surface area contributed by atoms with Crippen molar-refractivity contribution in [1.29, 1.82) is 0 Å². The number of carbonyl (C=O) groups is 1. The number of carbonyl (C=O) groups excluding carboxylic acids is 1. The summed E-state index contributed by atoms with van der Waals surface area (Å²) in [7, 11) is 1.37. The molecule has 3 aromatic rings. The summed E-state index contributed by atoms with van der Waals surface area (Å²) in [5.41, 5.74) is 8.27. The molecule has 2 fully saturated rings. The van der Waals surface area contributed by atoms with E-state index in [1.165, 1.54) is 24.9 Å². The number of nitrogen functional groups attached to an aromatic ring is 1. The summed E-state index contributed by atoms with van der Waals surface area (Å²) in [6.45, 7) is 3.80. The summed E-state index contributed by atoms with van der Waals surface area (Å²) < 4.78 is 19.9. The molecular weight excluding hydrogens is 493 g/mol. The molecule has 2 saturated heterocycles. The topological polar surface area (TPSA) is 110 Å². The standard InChI is InChI=1S/C27H32FN5O3S/c1-36-23-9-4-17(15-22(23)28)24(35)25-26(29)32-27(37-25)31-18-5-7-19(8-6-18)33(14-2-3-21(34)16-33)20-10-12-30-13-11-20/h4-9,15,20-21,30,34H,2-3,10-14,16H2,1H3,(H2-,29,31,32,35)/p+1. The second kappa shape index (κ2) is 10.7. The molecule has 2 aliphatic heterocycles. The summed E-state index contributed by atoms with van der Waals surface area (Å²) in [4.78, 5) is 17.5. The number of ketones is 1. The fourth-order valence-electron chi connectivity index (χ4n) is 5.70. The highest BCUT2D eigenvalue weighted by Gasteiger charge is 2.43. The second-order valence-electron chi connectivity index (χ2n) is 9.80. The van der Waals surface area contributed by atoms with Crippen LogP contribution in [0.4, 0.5) is 26.7 Å². The molecule has 0 amide bonds. The molecule has 0 spiro atoms. The Hall–Kier alpha value is -3.05. The summed E-state index contributed by atoms with van der Waals surface area (Å²) in [6.07, 6.45) is 3.79. The van der Waals surface area contributed by atoms with E-state index >= 15 is 0 Å². The fraction of sp³-hybridized carbons (Fsp3) is 0.407. The highest BCUT2D eigenvalue weighted by molar-refractivity contribution is 7.18. The van der Waals surface area contributed by atoms with Crippen LogP contribution >= 0.6 is 11.3 Å². The predicted molar refractivity (Wildman–Crippen MR) is 145 cm³/mol. The average Bonchev–Trinajstić information content (AvgIpc) is 3.28. The van der Waals surface area contributed by atoms with E-state index in [-0.39, 0.29) is 28.1 Å². The zero-order valence-corrected chi connectivity index (χ0v) is 21.7. The van der Waals surface area contributed by atoms with Crippen molar-refractivity contribution in [2.24, 2.45) is 0 Å². The molecule has 0 bridgehead atoms. The highest BCUT2D eigenvalue weighted by Crippen LogP contribution is 2.37. The number of likely N-dealkylation sites (tertiary alicyclic amines) is 1. The minimum absolute atomic E-state index is 0.0721. The normalized spacial score (nSPS) is 22.5. The Kier molecular flexibility index (Phi) is 7.43. The molecule has 10 heteroatoms. The van der Waals surface area contributed by atoms with Crippen molar-refractivity contribution in [3.63, 3.8) is 0 Å². The van der Waals surface area contributed by atoms with Gasteiger partial charge < -0.3 is 26.2 Å². The first-order valence-corrected chi connectivity index (χ1v) is 13.5. The van der Waals surface area contributed by atoms with E-state index in [1.807, 2.05) is 12.1 Å². The number of aromatic nitrogens is 1. The van der Waals surface area contributed by atoms with Crippen LogP contribution in [0.1, 0.15) is 40.9 Å². The third kappa shape index (κ3) is 5.19. The van der Waals surface area contributed by atoms with Crippen molar-refractivity contribution in [3.8, 4) is 5.75 Å². The van der Waals surface area contributed by atoms with E-state index in [9.17, 15) is 14.3 Å². The Bertz CT molecular complexity index is 1260. The van der Waals surface area contributed by atoms with Crippen LogP contribution in [0.5, 0.6) is 5.75 Å². The summed E-state index contributed by atoms with van der Waals surface area (Å²) >= 11 is 1.13. The van der Waals surface area contributed by atoms with Crippen molar-refractivity contribution in [2.75, 3.05) is 44.3 Å². The lowest BCUT2D eigenvalue weighted by atomic mass is 9.94. The van der Waals surface area contributed by atoms with Gasteiger partial charge in [0.05, 0.1) is 19.7 Å². The van der Waals surface area contributed by atoms with Crippen molar-refractivity contribution in [3.05, 3.63) is 58.7 Å². The molecule has 0 aliphatic carbocycles. The number of quaternary nitrogens is 1. The highest BCUT2D eigenvalue weighted by atomic mass is 32.1. The van der Waals surface area contributed by atoms with Gasteiger partial charge in [0, 0.05) is 49.3 Å². The number of benzene rings is 2. The van der Waals surface area contributed by atoms with E-state index in [4.69, 9.17) is 10.5 Å². The Labute approximate surface area is 219 Å².